The highest BCUT2D eigenvalue weighted by Gasteiger charge is 2.35. The summed E-state index contributed by atoms with van der Waals surface area (Å²) in [4.78, 5) is 0.324. The quantitative estimate of drug-likeness (QED) is 0.915. The Labute approximate surface area is 138 Å². The number of fused-ring (bicyclic) bond motifs is 1. The van der Waals surface area contributed by atoms with Crippen LogP contribution in [0.15, 0.2) is 29.2 Å². The molecule has 2 fully saturated rings. The molecule has 23 heavy (non-hydrogen) atoms. The van der Waals surface area contributed by atoms with Crippen molar-refractivity contribution in [2.45, 2.75) is 62.2 Å². The molecule has 1 saturated heterocycles. The fourth-order valence-electron chi connectivity index (χ4n) is 3.29. The zero-order valence-electron chi connectivity index (χ0n) is 13.7. The SMILES string of the molecule is CC(C)c1ccc(S(=O)(=O)NC2CCC3OCCOC3C2)cc1. The van der Waals surface area contributed by atoms with E-state index in [0.29, 0.717) is 30.4 Å². The van der Waals surface area contributed by atoms with Crippen LogP contribution in [0.1, 0.15) is 44.6 Å². The molecule has 1 aliphatic heterocycles. The van der Waals surface area contributed by atoms with E-state index in [0.717, 1.165) is 18.4 Å². The highest BCUT2D eigenvalue weighted by atomic mass is 32.2. The van der Waals surface area contributed by atoms with Crippen molar-refractivity contribution in [1.82, 2.24) is 4.72 Å². The Morgan fingerprint density at radius 1 is 1.04 bits per heavy atom. The van der Waals surface area contributed by atoms with E-state index in [2.05, 4.69) is 18.6 Å². The van der Waals surface area contributed by atoms with Gasteiger partial charge < -0.3 is 9.47 Å². The molecule has 128 valence electrons. The summed E-state index contributed by atoms with van der Waals surface area (Å²) in [6, 6.07) is 7.04. The Kier molecular flexibility index (Phi) is 5.06. The minimum atomic E-state index is -3.49. The van der Waals surface area contributed by atoms with Crippen molar-refractivity contribution in [2.24, 2.45) is 0 Å². The first-order chi connectivity index (χ1) is 11.0. The lowest BCUT2D eigenvalue weighted by Gasteiger charge is -2.38. The van der Waals surface area contributed by atoms with E-state index in [9.17, 15) is 8.42 Å². The zero-order valence-corrected chi connectivity index (χ0v) is 14.5. The van der Waals surface area contributed by atoms with E-state index in [1.54, 1.807) is 12.1 Å². The summed E-state index contributed by atoms with van der Waals surface area (Å²) in [5.41, 5.74) is 1.14. The van der Waals surface area contributed by atoms with Crippen molar-refractivity contribution in [3.05, 3.63) is 29.8 Å². The van der Waals surface area contributed by atoms with Crippen LogP contribution < -0.4 is 4.72 Å². The van der Waals surface area contributed by atoms with E-state index in [-0.39, 0.29) is 18.2 Å². The van der Waals surface area contributed by atoms with Crippen LogP contribution in [0.3, 0.4) is 0 Å². The average molecular weight is 339 g/mol. The largest absolute Gasteiger partial charge is 0.373 e. The first kappa shape index (κ1) is 16.9. The summed E-state index contributed by atoms with van der Waals surface area (Å²) in [7, 11) is -3.49. The molecular weight excluding hydrogens is 314 g/mol. The number of hydrogen-bond donors (Lipinski definition) is 1. The molecule has 0 amide bonds. The normalized spacial score (nSPS) is 28.6. The molecule has 5 nitrogen and oxygen atoms in total. The van der Waals surface area contributed by atoms with Gasteiger partial charge in [0.25, 0.3) is 0 Å². The highest BCUT2D eigenvalue weighted by Crippen LogP contribution is 2.28. The molecule has 1 aliphatic carbocycles. The Bertz CT molecular complexity index is 626. The van der Waals surface area contributed by atoms with Crippen LogP contribution in [0.5, 0.6) is 0 Å². The fraction of sp³-hybridized carbons (Fsp3) is 0.647. The first-order valence-corrected chi connectivity index (χ1v) is 9.79. The number of rotatable bonds is 4. The summed E-state index contributed by atoms with van der Waals surface area (Å²) in [6.45, 7) is 5.41. The van der Waals surface area contributed by atoms with Crippen LogP contribution >= 0.6 is 0 Å². The van der Waals surface area contributed by atoms with Crippen LogP contribution in [0.2, 0.25) is 0 Å². The van der Waals surface area contributed by atoms with Crippen molar-refractivity contribution in [1.29, 1.82) is 0 Å². The summed E-state index contributed by atoms with van der Waals surface area (Å²) >= 11 is 0. The molecule has 2 aliphatic rings. The minimum absolute atomic E-state index is 0.00789. The summed E-state index contributed by atoms with van der Waals surface area (Å²) in [6.07, 6.45) is 2.43. The standard InChI is InChI=1S/C17H25NO4S/c1-12(2)13-3-6-15(7-4-13)23(19,20)18-14-5-8-16-17(11-14)22-10-9-21-16/h3-4,6-7,12,14,16-18H,5,8-11H2,1-2H3. The highest BCUT2D eigenvalue weighted by molar-refractivity contribution is 7.89. The summed E-state index contributed by atoms with van der Waals surface area (Å²) in [5, 5.41) is 0. The van der Waals surface area contributed by atoms with E-state index >= 15 is 0 Å². The number of hydrogen-bond acceptors (Lipinski definition) is 4. The lowest BCUT2D eigenvalue weighted by atomic mass is 9.90. The van der Waals surface area contributed by atoms with E-state index < -0.39 is 10.0 Å². The molecule has 3 unspecified atom stereocenters. The number of ether oxygens (including phenoxy) is 2. The van der Waals surface area contributed by atoms with Crippen molar-refractivity contribution in [3.63, 3.8) is 0 Å². The third-order valence-electron chi connectivity index (χ3n) is 4.66. The second kappa shape index (κ2) is 6.89. The molecule has 0 spiro atoms. The van der Waals surface area contributed by atoms with Crippen molar-refractivity contribution in [3.8, 4) is 0 Å². The monoisotopic (exact) mass is 339 g/mol. The second-order valence-corrected chi connectivity index (χ2v) is 8.39. The molecule has 3 rings (SSSR count). The van der Waals surface area contributed by atoms with Gasteiger partial charge in [-0.05, 0) is 42.9 Å². The van der Waals surface area contributed by atoms with E-state index in [1.165, 1.54) is 0 Å². The fourth-order valence-corrected chi connectivity index (χ4v) is 4.58. The third-order valence-corrected chi connectivity index (χ3v) is 6.19. The summed E-state index contributed by atoms with van der Waals surface area (Å²) in [5.74, 6) is 0.387. The molecule has 1 aromatic carbocycles. The molecule has 1 aromatic rings. The van der Waals surface area contributed by atoms with Gasteiger partial charge in [0.15, 0.2) is 0 Å². The number of nitrogens with one attached hydrogen (secondary N) is 1. The molecule has 0 bridgehead atoms. The van der Waals surface area contributed by atoms with Gasteiger partial charge in [-0.15, -0.1) is 0 Å². The molecule has 3 atom stereocenters. The lowest BCUT2D eigenvalue weighted by molar-refractivity contribution is -0.156. The maximum absolute atomic E-state index is 12.6. The number of sulfonamides is 1. The molecule has 6 heteroatoms. The Morgan fingerprint density at radius 3 is 2.35 bits per heavy atom. The zero-order chi connectivity index (χ0) is 16.4. The van der Waals surface area contributed by atoms with Gasteiger partial charge in [0.2, 0.25) is 10.0 Å². The molecular formula is C17H25NO4S. The maximum atomic E-state index is 12.6. The first-order valence-electron chi connectivity index (χ1n) is 8.31. The second-order valence-electron chi connectivity index (χ2n) is 6.67. The van der Waals surface area contributed by atoms with Crippen molar-refractivity contribution >= 4 is 10.0 Å². The predicted octanol–water partition coefficient (Wildman–Crippen LogP) is 2.42. The molecule has 0 aromatic heterocycles. The summed E-state index contributed by atoms with van der Waals surface area (Å²) < 4.78 is 39.3. The average Bonchev–Trinajstić information content (AvgIpc) is 2.54. The lowest BCUT2D eigenvalue weighted by Crippen LogP contribution is -2.49. The molecule has 1 N–H and O–H groups in total. The van der Waals surface area contributed by atoms with Crippen LogP contribution in [-0.2, 0) is 19.5 Å². The van der Waals surface area contributed by atoms with Crippen molar-refractivity contribution in [2.75, 3.05) is 13.2 Å². The minimum Gasteiger partial charge on any atom is -0.373 e. The van der Waals surface area contributed by atoms with Crippen LogP contribution in [-0.4, -0.2) is 39.9 Å². The Balaban J connectivity index is 1.66. The van der Waals surface area contributed by atoms with Gasteiger partial charge in [0, 0.05) is 6.04 Å². The molecule has 1 heterocycles. The Morgan fingerprint density at radius 2 is 1.70 bits per heavy atom. The van der Waals surface area contributed by atoms with Gasteiger partial charge in [-0.3, -0.25) is 0 Å². The third kappa shape index (κ3) is 3.94. The van der Waals surface area contributed by atoms with Crippen molar-refractivity contribution < 1.29 is 17.9 Å². The van der Waals surface area contributed by atoms with E-state index in [1.807, 2.05) is 12.1 Å². The van der Waals surface area contributed by atoms with Crippen LogP contribution in [0, 0.1) is 0 Å². The van der Waals surface area contributed by atoms with E-state index in [4.69, 9.17) is 9.47 Å². The molecule has 0 radical (unpaired) electrons. The maximum Gasteiger partial charge on any atom is 0.240 e. The Hall–Kier alpha value is -0.950. The van der Waals surface area contributed by atoms with Gasteiger partial charge in [0.05, 0.1) is 30.3 Å². The predicted molar refractivity (Wildman–Crippen MR) is 88.0 cm³/mol. The van der Waals surface area contributed by atoms with Crippen LogP contribution in [0.25, 0.3) is 0 Å². The van der Waals surface area contributed by atoms with Gasteiger partial charge in [-0.2, -0.15) is 0 Å². The smallest absolute Gasteiger partial charge is 0.240 e. The molecule has 1 saturated carbocycles. The number of benzene rings is 1. The van der Waals surface area contributed by atoms with Gasteiger partial charge >= 0.3 is 0 Å². The van der Waals surface area contributed by atoms with Gasteiger partial charge in [-0.25, -0.2) is 13.1 Å². The topological polar surface area (TPSA) is 64.6 Å². The van der Waals surface area contributed by atoms with Gasteiger partial charge in [0.1, 0.15) is 0 Å². The van der Waals surface area contributed by atoms with Gasteiger partial charge in [-0.1, -0.05) is 26.0 Å². The van der Waals surface area contributed by atoms with Crippen LogP contribution in [0.4, 0.5) is 0 Å².